The fraction of sp³-hybridized carbons (Fsp3) is 0.118. The first kappa shape index (κ1) is 16.0. The molecule has 0 spiro atoms. The van der Waals surface area contributed by atoms with Gasteiger partial charge in [-0.15, -0.1) is 0 Å². The standard InChI is InChI=1S/C17H17NO3S/c1-14(2)17(19)18(13-15-9-5-3-6-10-15)22(20,21)16-11-7-4-8-12-16/h3-12H,1,13H2,2H3. The highest BCUT2D eigenvalue weighted by Crippen LogP contribution is 2.20. The van der Waals surface area contributed by atoms with Crippen LogP contribution in [0.1, 0.15) is 12.5 Å². The van der Waals surface area contributed by atoms with Gasteiger partial charge in [0.15, 0.2) is 0 Å². The molecule has 0 bridgehead atoms. The van der Waals surface area contributed by atoms with Crippen LogP contribution in [0.3, 0.4) is 0 Å². The van der Waals surface area contributed by atoms with Crippen molar-refractivity contribution in [1.29, 1.82) is 0 Å². The molecule has 0 unspecified atom stereocenters. The first-order valence-corrected chi connectivity index (χ1v) is 8.18. The lowest BCUT2D eigenvalue weighted by atomic mass is 10.2. The fourth-order valence-electron chi connectivity index (χ4n) is 1.95. The van der Waals surface area contributed by atoms with E-state index >= 15 is 0 Å². The van der Waals surface area contributed by atoms with Crippen molar-refractivity contribution in [3.05, 3.63) is 78.4 Å². The van der Waals surface area contributed by atoms with Gasteiger partial charge in [-0.2, -0.15) is 0 Å². The lowest BCUT2D eigenvalue weighted by Gasteiger charge is -2.22. The van der Waals surface area contributed by atoms with E-state index in [1.54, 1.807) is 42.5 Å². The minimum atomic E-state index is -3.92. The highest BCUT2D eigenvalue weighted by Gasteiger charge is 2.29. The highest BCUT2D eigenvalue weighted by atomic mass is 32.2. The first-order valence-electron chi connectivity index (χ1n) is 6.74. The predicted molar refractivity (Wildman–Crippen MR) is 85.4 cm³/mol. The summed E-state index contributed by atoms with van der Waals surface area (Å²) in [6.07, 6.45) is 0. The topological polar surface area (TPSA) is 54.5 Å². The van der Waals surface area contributed by atoms with Gasteiger partial charge < -0.3 is 0 Å². The van der Waals surface area contributed by atoms with Gasteiger partial charge in [0.05, 0.1) is 11.4 Å². The minimum absolute atomic E-state index is 0.0240. The zero-order valence-corrected chi connectivity index (χ0v) is 13.1. The summed E-state index contributed by atoms with van der Waals surface area (Å²) in [6.45, 7) is 5.05. The Morgan fingerprint density at radius 1 is 1.00 bits per heavy atom. The van der Waals surface area contributed by atoms with Crippen LogP contribution in [0.15, 0.2) is 77.7 Å². The van der Waals surface area contributed by atoms with Gasteiger partial charge >= 0.3 is 0 Å². The van der Waals surface area contributed by atoms with E-state index in [2.05, 4.69) is 6.58 Å². The maximum atomic E-state index is 12.7. The van der Waals surface area contributed by atoms with Crippen LogP contribution in [0.5, 0.6) is 0 Å². The molecule has 114 valence electrons. The number of rotatable bonds is 5. The molecule has 0 saturated heterocycles. The second-order valence-corrected chi connectivity index (χ2v) is 6.76. The van der Waals surface area contributed by atoms with Crippen LogP contribution in [0.2, 0.25) is 0 Å². The SMILES string of the molecule is C=C(C)C(=O)N(Cc1ccccc1)S(=O)(=O)c1ccccc1. The summed E-state index contributed by atoms with van der Waals surface area (Å²) in [7, 11) is -3.92. The molecular weight excluding hydrogens is 298 g/mol. The van der Waals surface area contributed by atoms with Gasteiger partial charge in [-0.1, -0.05) is 55.1 Å². The normalized spacial score (nSPS) is 11.0. The second kappa shape index (κ2) is 6.58. The van der Waals surface area contributed by atoms with Crippen molar-refractivity contribution in [3.8, 4) is 0 Å². The number of benzene rings is 2. The Bertz CT molecular complexity index is 768. The summed E-state index contributed by atoms with van der Waals surface area (Å²) in [4.78, 5) is 12.4. The van der Waals surface area contributed by atoms with Gasteiger partial charge in [-0.05, 0) is 24.6 Å². The van der Waals surface area contributed by atoms with Crippen LogP contribution in [0.25, 0.3) is 0 Å². The van der Waals surface area contributed by atoms with E-state index in [-0.39, 0.29) is 17.0 Å². The molecule has 0 aliphatic carbocycles. The van der Waals surface area contributed by atoms with Crippen LogP contribution in [0.4, 0.5) is 0 Å². The quantitative estimate of drug-likeness (QED) is 0.797. The van der Waals surface area contributed by atoms with Crippen LogP contribution in [-0.2, 0) is 21.4 Å². The summed E-state index contributed by atoms with van der Waals surface area (Å²) in [5.74, 6) is -0.604. The number of hydrogen-bond donors (Lipinski definition) is 0. The molecule has 1 amide bonds. The molecule has 0 aromatic heterocycles. The van der Waals surface area contributed by atoms with Crippen LogP contribution in [-0.4, -0.2) is 18.6 Å². The summed E-state index contributed by atoms with van der Waals surface area (Å²) < 4.78 is 26.4. The van der Waals surface area contributed by atoms with Gasteiger partial charge in [-0.25, -0.2) is 12.7 Å². The number of carbonyl (C=O) groups excluding carboxylic acids is 1. The average molecular weight is 315 g/mol. The molecule has 0 atom stereocenters. The number of carbonyl (C=O) groups is 1. The Labute approximate surface area is 130 Å². The molecule has 0 aliphatic heterocycles. The highest BCUT2D eigenvalue weighted by molar-refractivity contribution is 7.89. The summed E-state index contributed by atoms with van der Waals surface area (Å²) in [6, 6.07) is 16.9. The van der Waals surface area contributed by atoms with Crippen molar-refractivity contribution in [3.63, 3.8) is 0 Å². The molecule has 0 radical (unpaired) electrons. The van der Waals surface area contributed by atoms with Crippen LogP contribution >= 0.6 is 0 Å². The van der Waals surface area contributed by atoms with E-state index < -0.39 is 15.9 Å². The Morgan fingerprint density at radius 2 is 1.50 bits per heavy atom. The molecule has 2 aromatic rings. The van der Waals surface area contributed by atoms with Gasteiger partial charge in [0.1, 0.15) is 0 Å². The molecule has 2 rings (SSSR count). The van der Waals surface area contributed by atoms with E-state index in [1.807, 2.05) is 6.07 Å². The van der Waals surface area contributed by atoms with Crippen molar-refractivity contribution in [1.82, 2.24) is 4.31 Å². The average Bonchev–Trinajstić information content (AvgIpc) is 2.53. The monoisotopic (exact) mass is 315 g/mol. The van der Waals surface area contributed by atoms with Crippen LogP contribution < -0.4 is 0 Å². The zero-order valence-electron chi connectivity index (χ0n) is 12.3. The summed E-state index contributed by atoms with van der Waals surface area (Å²) in [5, 5.41) is 0. The molecular formula is C17H17NO3S. The summed E-state index contributed by atoms with van der Waals surface area (Å²) >= 11 is 0. The minimum Gasteiger partial charge on any atom is -0.268 e. The van der Waals surface area contributed by atoms with Gasteiger partial charge in [0.2, 0.25) is 0 Å². The number of amides is 1. The fourth-order valence-corrected chi connectivity index (χ4v) is 3.40. The summed E-state index contributed by atoms with van der Waals surface area (Å²) in [5.41, 5.74) is 0.909. The van der Waals surface area contributed by atoms with E-state index in [9.17, 15) is 13.2 Å². The number of sulfonamides is 1. The molecule has 0 N–H and O–H groups in total. The van der Waals surface area contributed by atoms with E-state index in [0.717, 1.165) is 9.87 Å². The number of hydrogen-bond acceptors (Lipinski definition) is 3. The van der Waals surface area contributed by atoms with Crippen molar-refractivity contribution >= 4 is 15.9 Å². The Balaban J connectivity index is 2.45. The molecule has 0 fully saturated rings. The zero-order chi connectivity index (χ0) is 16.2. The van der Waals surface area contributed by atoms with E-state index in [1.165, 1.54) is 19.1 Å². The molecule has 4 nitrogen and oxygen atoms in total. The first-order chi connectivity index (χ1) is 10.4. The second-order valence-electron chi connectivity index (χ2n) is 4.90. The largest absolute Gasteiger partial charge is 0.268 e. The van der Waals surface area contributed by atoms with Gasteiger partial charge in [0.25, 0.3) is 15.9 Å². The lowest BCUT2D eigenvalue weighted by Crippen LogP contribution is -2.36. The van der Waals surface area contributed by atoms with Crippen molar-refractivity contribution in [2.45, 2.75) is 18.4 Å². The Kier molecular flexibility index (Phi) is 4.78. The van der Waals surface area contributed by atoms with Crippen molar-refractivity contribution < 1.29 is 13.2 Å². The van der Waals surface area contributed by atoms with E-state index in [0.29, 0.717) is 0 Å². The molecule has 2 aromatic carbocycles. The Morgan fingerprint density at radius 3 is 2.00 bits per heavy atom. The molecule has 5 heteroatoms. The lowest BCUT2D eigenvalue weighted by molar-refractivity contribution is -0.122. The van der Waals surface area contributed by atoms with Gasteiger partial charge in [-0.3, -0.25) is 4.79 Å². The Hall–Kier alpha value is -2.40. The molecule has 0 aliphatic rings. The van der Waals surface area contributed by atoms with Gasteiger partial charge in [0, 0.05) is 5.57 Å². The van der Waals surface area contributed by atoms with Crippen molar-refractivity contribution in [2.75, 3.05) is 0 Å². The molecule has 0 saturated carbocycles. The molecule has 22 heavy (non-hydrogen) atoms. The third kappa shape index (κ3) is 3.43. The number of nitrogens with zero attached hydrogens (tertiary/aromatic N) is 1. The van der Waals surface area contributed by atoms with E-state index in [4.69, 9.17) is 0 Å². The van der Waals surface area contributed by atoms with Crippen molar-refractivity contribution in [2.24, 2.45) is 0 Å². The predicted octanol–water partition coefficient (Wildman–Crippen LogP) is 2.98. The maximum Gasteiger partial charge on any atom is 0.267 e. The molecule has 0 heterocycles. The third-order valence-electron chi connectivity index (χ3n) is 3.09. The smallest absolute Gasteiger partial charge is 0.267 e. The third-order valence-corrected chi connectivity index (χ3v) is 4.83. The maximum absolute atomic E-state index is 12.7. The van der Waals surface area contributed by atoms with Crippen LogP contribution in [0, 0.1) is 0 Å².